The van der Waals surface area contributed by atoms with Gasteiger partial charge in [-0.15, -0.1) is 0 Å². The number of rotatable bonds is 5. The number of nitrogens with one attached hydrogen (secondary N) is 2. The molecule has 4 heteroatoms. The highest BCUT2D eigenvalue weighted by molar-refractivity contribution is 7.98. The molecule has 0 saturated carbocycles. The molecule has 0 aliphatic rings. The van der Waals surface area contributed by atoms with E-state index < -0.39 is 0 Å². The molecule has 1 amide bonds. The fourth-order valence-corrected chi connectivity index (χ4v) is 1.28. The number of carbonyl (C=O) groups is 1. The van der Waals surface area contributed by atoms with Gasteiger partial charge in [0.25, 0.3) is 0 Å². The third-order valence-corrected chi connectivity index (χ3v) is 2.14. The Morgan fingerprint density at radius 1 is 1.64 bits per heavy atom. The quantitative estimate of drug-likeness (QED) is 0.623. The molecule has 0 saturated heterocycles. The number of thioether (sulfide) groups is 1. The summed E-state index contributed by atoms with van der Waals surface area (Å²) in [6.07, 6.45) is 2.05. The summed E-state index contributed by atoms with van der Waals surface area (Å²) in [6.45, 7) is 2.48. The van der Waals surface area contributed by atoms with E-state index in [0.717, 1.165) is 5.75 Å². The van der Waals surface area contributed by atoms with Gasteiger partial charge in [0, 0.05) is 18.8 Å². The number of hydrogen-bond donors (Lipinski definition) is 2. The predicted molar refractivity (Wildman–Crippen MR) is 49.9 cm³/mol. The molecule has 2 N–H and O–H groups in total. The maximum absolute atomic E-state index is 10.7. The number of likely N-dealkylation sites (N-methyl/N-ethyl adjacent to an activating group) is 1. The lowest BCUT2D eigenvalue weighted by molar-refractivity contribution is -0.119. The monoisotopic (exact) mass is 176 g/mol. The van der Waals surface area contributed by atoms with Crippen LogP contribution in [0.2, 0.25) is 0 Å². The van der Waals surface area contributed by atoms with E-state index in [9.17, 15) is 4.79 Å². The second-order valence-corrected chi connectivity index (χ2v) is 3.32. The number of amides is 1. The molecule has 0 aromatic rings. The van der Waals surface area contributed by atoms with Crippen LogP contribution >= 0.6 is 11.8 Å². The van der Waals surface area contributed by atoms with Crippen molar-refractivity contribution in [2.24, 2.45) is 0 Å². The van der Waals surface area contributed by atoms with Gasteiger partial charge in [0.15, 0.2) is 0 Å². The van der Waals surface area contributed by atoms with Gasteiger partial charge in [-0.3, -0.25) is 4.79 Å². The van der Waals surface area contributed by atoms with Crippen molar-refractivity contribution in [3.63, 3.8) is 0 Å². The van der Waals surface area contributed by atoms with E-state index in [1.54, 1.807) is 18.8 Å². The van der Waals surface area contributed by atoms with Crippen molar-refractivity contribution in [3.8, 4) is 0 Å². The van der Waals surface area contributed by atoms with Crippen LogP contribution in [0, 0.1) is 0 Å². The van der Waals surface area contributed by atoms with E-state index in [0.29, 0.717) is 12.6 Å². The minimum absolute atomic E-state index is 0.0398. The Balaban J connectivity index is 3.29. The topological polar surface area (TPSA) is 41.1 Å². The van der Waals surface area contributed by atoms with Crippen LogP contribution < -0.4 is 10.6 Å². The Bertz CT molecular complexity index is 119. The largest absolute Gasteiger partial charge is 0.358 e. The van der Waals surface area contributed by atoms with Crippen LogP contribution in [0.15, 0.2) is 0 Å². The standard InChI is InChI=1S/C7H16N2OS/c1-6(5-11-3)9-4-7(10)8-2/h6,9H,4-5H2,1-3H3,(H,8,10). The molecule has 0 radical (unpaired) electrons. The van der Waals surface area contributed by atoms with Crippen molar-refractivity contribution in [1.29, 1.82) is 0 Å². The lowest BCUT2D eigenvalue weighted by Gasteiger charge is -2.10. The normalized spacial score (nSPS) is 12.6. The molecular weight excluding hydrogens is 160 g/mol. The molecule has 0 spiro atoms. The van der Waals surface area contributed by atoms with Crippen molar-refractivity contribution in [2.75, 3.05) is 25.6 Å². The van der Waals surface area contributed by atoms with Crippen molar-refractivity contribution in [3.05, 3.63) is 0 Å². The van der Waals surface area contributed by atoms with E-state index in [1.165, 1.54) is 0 Å². The van der Waals surface area contributed by atoms with E-state index in [-0.39, 0.29) is 5.91 Å². The molecule has 0 aromatic heterocycles. The van der Waals surface area contributed by atoms with Crippen LogP contribution in [0.1, 0.15) is 6.92 Å². The first-order chi connectivity index (χ1) is 5.20. The summed E-state index contributed by atoms with van der Waals surface area (Å²) >= 11 is 1.77. The zero-order valence-corrected chi connectivity index (χ0v) is 8.12. The van der Waals surface area contributed by atoms with Crippen molar-refractivity contribution in [1.82, 2.24) is 10.6 Å². The van der Waals surface area contributed by atoms with Gasteiger partial charge in [0.1, 0.15) is 0 Å². The Morgan fingerprint density at radius 3 is 2.73 bits per heavy atom. The summed E-state index contributed by atoms with van der Waals surface area (Å²) in [5, 5.41) is 5.66. The fraction of sp³-hybridized carbons (Fsp3) is 0.857. The Labute approximate surface area is 72.3 Å². The number of hydrogen-bond acceptors (Lipinski definition) is 3. The van der Waals surface area contributed by atoms with Crippen molar-refractivity contribution >= 4 is 17.7 Å². The van der Waals surface area contributed by atoms with Gasteiger partial charge in [0.05, 0.1) is 6.54 Å². The fourth-order valence-electron chi connectivity index (χ4n) is 0.664. The SMILES string of the molecule is CNC(=O)CNC(C)CSC. The summed E-state index contributed by atoms with van der Waals surface area (Å²) in [7, 11) is 1.64. The summed E-state index contributed by atoms with van der Waals surface area (Å²) in [4.78, 5) is 10.7. The molecule has 1 atom stereocenters. The molecule has 0 aliphatic heterocycles. The van der Waals surface area contributed by atoms with Crippen molar-refractivity contribution < 1.29 is 4.79 Å². The van der Waals surface area contributed by atoms with E-state index in [2.05, 4.69) is 23.8 Å². The van der Waals surface area contributed by atoms with E-state index >= 15 is 0 Å². The smallest absolute Gasteiger partial charge is 0.233 e. The van der Waals surface area contributed by atoms with E-state index in [1.807, 2.05) is 0 Å². The molecule has 0 aliphatic carbocycles. The van der Waals surface area contributed by atoms with Gasteiger partial charge in [-0.25, -0.2) is 0 Å². The molecule has 11 heavy (non-hydrogen) atoms. The molecule has 0 aromatic carbocycles. The van der Waals surface area contributed by atoms with Gasteiger partial charge in [-0.1, -0.05) is 0 Å². The van der Waals surface area contributed by atoms with Crippen LogP contribution in [0.25, 0.3) is 0 Å². The Hall–Kier alpha value is -0.220. The lowest BCUT2D eigenvalue weighted by atomic mass is 10.4. The number of carbonyl (C=O) groups excluding carboxylic acids is 1. The van der Waals surface area contributed by atoms with Crippen LogP contribution in [-0.2, 0) is 4.79 Å². The van der Waals surface area contributed by atoms with Crippen LogP contribution in [-0.4, -0.2) is 37.6 Å². The minimum atomic E-state index is 0.0398. The zero-order chi connectivity index (χ0) is 8.69. The second kappa shape index (κ2) is 6.49. The van der Waals surface area contributed by atoms with Crippen LogP contribution in [0.4, 0.5) is 0 Å². The highest BCUT2D eigenvalue weighted by Crippen LogP contribution is 1.94. The van der Waals surface area contributed by atoms with Gasteiger partial charge >= 0.3 is 0 Å². The highest BCUT2D eigenvalue weighted by Gasteiger charge is 2.01. The first-order valence-electron chi connectivity index (χ1n) is 3.63. The molecule has 3 nitrogen and oxygen atoms in total. The third-order valence-electron chi connectivity index (χ3n) is 1.31. The zero-order valence-electron chi connectivity index (χ0n) is 7.31. The molecule has 66 valence electrons. The molecule has 0 bridgehead atoms. The predicted octanol–water partition coefficient (Wildman–Crippen LogP) is 0.0735. The molecular formula is C7H16N2OS. The van der Waals surface area contributed by atoms with E-state index in [4.69, 9.17) is 0 Å². The Morgan fingerprint density at radius 2 is 2.27 bits per heavy atom. The second-order valence-electron chi connectivity index (χ2n) is 2.41. The average Bonchev–Trinajstić information content (AvgIpc) is 2.01. The van der Waals surface area contributed by atoms with Gasteiger partial charge in [-0.05, 0) is 13.2 Å². The molecule has 1 unspecified atom stereocenters. The Kier molecular flexibility index (Phi) is 6.36. The van der Waals surface area contributed by atoms with Gasteiger partial charge in [0.2, 0.25) is 5.91 Å². The first-order valence-corrected chi connectivity index (χ1v) is 5.03. The summed E-state index contributed by atoms with van der Waals surface area (Å²) in [5.41, 5.74) is 0. The van der Waals surface area contributed by atoms with Crippen LogP contribution in [0.5, 0.6) is 0 Å². The maximum Gasteiger partial charge on any atom is 0.233 e. The van der Waals surface area contributed by atoms with Gasteiger partial charge < -0.3 is 10.6 Å². The first kappa shape index (κ1) is 10.8. The molecule has 0 rings (SSSR count). The van der Waals surface area contributed by atoms with Gasteiger partial charge in [-0.2, -0.15) is 11.8 Å². The summed E-state index contributed by atoms with van der Waals surface area (Å²) in [5.74, 6) is 1.08. The van der Waals surface area contributed by atoms with Crippen LogP contribution in [0.3, 0.4) is 0 Å². The van der Waals surface area contributed by atoms with Crippen molar-refractivity contribution in [2.45, 2.75) is 13.0 Å². The maximum atomic E-state index is 10.7. The highest BCUT2D eigenvalue weighted by atomic mass is 32.2. The lowest BCUT2D eigenvalue weighted by Crippen LogP contribution is -2.37. The molecule has 0 heterocycles. The minimum Gasteiger partial charge on any atom is -0.358 e. The average molecular weight is 176 g/mol. The summed E-state index contributed by atoms with van der Waals surface area (Å²) < 4.78 is 0. The third kappa shape index (κ3) is 6.19. The molecule has 0 fully saturated rings. The summed E-state index contributed by atoms with van der Waals surface area (Å²) in [6, 6.07) is 0.405.